The highest BCUT2D eigenvalue weighted by atomic mass is 15.3. The molecule has 0 aliphatic carbocycles. The minimum absolute atomic E-state index is 0.00641. The van der Waals surface area contributed by atoms with Gasteiger partial charge in [-0.1, -0.05) is 158 Å². The molecule has 266 valence electrons. The SMILES string of the molecule is C=C/C=C\C=C\C1C(/C=C/c2cc3c4ccccc4n(-c4ccccc4)c3c3ccccc23)c2ccccc2N1c1nc(-c2ccccc2)c2ncccc2n1. The van der Waals surface area contributed by atoms with Crippen LogP contribution in [0.1, 0.15) is 17.0 Å². The van der Waals surface area contributed by atoms with Gasteiger partial charge in [-0.15, -0.1) is 0 Å². The van der Waals surface area contributed by atoms with Gasteiger partial charge in [-0.2, -0.15) is 0 Å². The highest BCUT2D eigenvalue weighted by Crippen LogP contribution is 2.47. The number of anilines is 2. The Kier molecular flexibility index (Phi) is 8.38. The fraction of sp³-hybridized carbons (Fsp3) is 0.0392. The summed E-state index contributed by atoms with van der Waals surface area (Å²) < 4.78 is 2.41. The zero-order valence-electron chi connectivity index (χ0n) is 30.7. The number of pyridine rings is 1. The zero-order valence-corrected chi connectivity index (χ0v) is 30.7. The molecule has 2 atom stereocenters. The first-order chi connectivity index (χ1) is 27.8. The molecule has 0 N–H and O–H groups in total. The van der Waals surface area contributed by atoms with E-state index in [1.54, 1.807) is 6.08 Å². The van der Waals surface area contributed by atoms with Gasteiger partial charge in [-0.25, -0.2) is 9.97 Å². The summed E-state index contributed by atoms with van der Waals surface area (Å²) >= 11 is 0. The first-order valence-corrected chi connectivity index (χ1v) is 19.0. The molecule has 9 aromatic rings. The van der Waals surface area contributed by atoms with Crippen molar-refractivity contribution in [2.24, 2.45) is 0 Å². The molecule has 0 saturated carbocycles. The van der Waals surface area contributed by atoms with E-state index in [4.69, 9.17) is 15.0 Å². The first-order valence-electron chi connectivity index (χ1n) is 19.0. The summed E-state index contributed by atoms with van der Waals surface area (Å²) in [4.78, 5) is 17.5. The van der Waals surface area contributed by atoms with Crippen LogP contribution in [0.15, 0.2) is 201 Å². The summed E-state index contributed by atoms with van der Waals surface area (Å²) in [6.45, 7) is 3.88. The van der Waals surface area contributed by atoms with Gasteiger partial charge >= 0.3 is 0 Å². The maximum absolute atomic E-state index is 5.29. The van der Waals surface area contributed by atoms with E-state index in [-0.39, 0.29) is 12.0 Å². The largest absolute Gasteiger partial charge is 0.309 e. The minimum Gasteiger partial charge on any atom is -0.309 e. The second-order valence-corrected chi connectivity index (χ2v) is 14.0. The molecule has 0 amide bonds. The Morgan fingerprint density at radius 3 is 2.18 bits per heavy atom. The molecule has 6 aromatic carbocycles. The van der Waals surface area contributed by atoms with Crippen LogP contribution < -0.4 is 4.90 Å². The third-order valence-corrected chi connectivity index (χ3v) is 10.8. The lowest BCUT2D eigenvalue weighted by molar-refractivity contribution is 0.740. The van der Waals surface area contributed by atoms with E-state index in [1.165, 1.54) is 43.7 Å². The van der Waals surface area contributed by atoms with Crippen LogP contribution in [0.25, 0.3) is 66.6 Å². The smallest absolute Gasteiger partial charge is 0.231 e. The predicted molar refractivity (Wildman–Crippen MR) is 234 cm³/mol. The number of nitrogens with zero attached hydrogens (tertiary/aromatic N) is 5. The lowest BCUT2D eigenvalue weighted by atomic mass is 9.92. The Morgan fingerprint density at radius 1 is 0.607 bits per heavy atom. The fourth-order valence-corrected chi connectivity index (χ4v) is 8.38. The van der Waals surface area contributed by atoms with Gasteiger partial charge in [-0.05, 0) is 59.0 Å². The molecule has 4 heterocycles. The lowest BCUT2D eigenvalue weighted by Crippen LogP contribution is -2.29. The molecule has 0 bridgehead atoms. The quantitative estimate of drug-likeness (QED) is 0.147. The molecule has 0 fully saturated rings. The standard InChI is InChI=1S/C51H37N5/c1-2-3-4-11-28-47-41(39-24-14-17-30-46(39)56(47)51-53-44-27-18-33-52-49(44)48(54-51)35-19-7-5-8-20-35)32-31-36-34-43-40-25-15-16-29-45(40)55(37-21-9-6-10-22-37)50(43)42-26-13-12-23-38(36)42/h2-34,41,47H,1H2/b4-3-,28-11+,32-31+. The van der Waals surface area contributed by atoms with Gasteiger partial charge in [0.2, 0.25) is 5.95 Å². The average Bonchev–Trinajstić information content (AvgIpc) is 3.77. The molecule has 1 aliphatic heterocycles. The fourth-order valence-electron chi connectivity index (χ4n) is 8.38. The maximum atomic E-state index is 5.29. The molecule has 0 radical (unpaired) electrons. The molecule has 56 heavy (non-hydrogen) atoms. The maximum Gasteiger partial charge on any atom is 0.231 e. The second-order valence-electron chi connectivity index (χ2n) is 14.0. The molecule has 2 unspecified atom stereocenters. The summed E-state index contributed by atoms with van der Waals surface area (Å²) in [6.07, 6.45) is 16.6. The molecule has 5 heteroatoms. The van der Waals surface area contributed by atoms with E-state index in [2.05, 4.69) is 162 Å². The lowest BCUT2D eigenvalue weighted by Gasteiger charge is -2.26. The molecule has 1 aliphatic rings. The number of rotatable bonds is 8. The topological polar surface area (TPSA) is 46.8 Å². The molecule has 5 nitrogen and oxygen atoms in total. The summed E-state index contributed by atoms with van der Waals surface area (Å²) in [7, 11) is 0. The van der Waals surface area contributed by atoms with Crippen molar-refractivity contribution in [1.82, 2.24) is 19.5 Å². The van der Waals surface area contributed by atoms with Crippen molar-refractivity contribution >= 4 is 61.3 Å². The molecule has 0 spiro atoms. The predicted octanol–water partition coefficient (Wildman–Crippen LogP) is 12.6. The zero-order chi connectivity index (χ0) is 37.4. The summed E-state index contributed by atoms with van der Waals surface area (Å²) in [5, 5.41) is 4.89. The van der Waals surface area contributed by atoms with Gasteiger partial charge in [-0.3, -0.25) is 4.98 Å². The highest BCUT2D eigenvalue weighted by molar-refractivity contribution is 6.20. The molecule has 10 rings (SSSR count). The van der Waals surface area contributed by atoms with Crippen LogP contribution in [0.3, 0.4) is 0 Å². The Bertz CT molecular complexity index is 3010. The van der Waals surface area contributed by atoms with Crippen LogP contribution in [-0.2, 0) is 0 Å². The monoisotopic (exact) mass is 719 g/mol. The Balaban J connectivity index is 1.16. The van der Waals surface area contributed by atoms with E-state index < -0.39 is 0 Å². The third kappa shape index (κ3) is 5.60. The molecule has 3 aromatic heterocycles. The van der Waals surface area contributed by atoms with Gasteiger partial charge in [0.25, 0.3) is 0 Å². The first kappa shape index (κ1) is 33.2. The Hall–Kier alpha value is -7.37. The number of fused-ring (bicyclic) bond motifs is 7. The van der Waals surface area contributed by atoms with E-state index in [1.807, 2.05) is 48.7 Å². The van der Waals surface area contributed by atoms with Crippen molar-refractivity contribution in [3.8, 4) is 16.9 Å². The van der Waals surface area contributed by atoms with Crippen molar-refractivity contribution in [2.75, 3.05) is 4.90 Å². The number of benzene rings is 6. The molecule has 0 saturated heterocycles. The summed E-state index contributed by atoms with van der Waals surface area (Å²) in [5.41, 5.74) is 10.4. The van der Waals surface area contributed by atoms with Crippen LogP contribution in [0.2, 0.25) is 0 Å². The Labute approximate surface area is 325 Å². The number of para-hydroxylation sites is 3. The third-order valence-electron chi connectivity index (χ3n) is 10.8. The van der Waals surface area contributed by atoms with Crippen LogP contribution in [0.4, 0.5) is 11.6 Å². The van der Waals surface area contributed by atoms with Gasteiger partial charge in [0, 0.05) is 45.2 Å². The number of aromatic nitrogens is 4. The number of hydrogen-bond acceptors (Lipinski definition) is 4. The van der Waals surface area contributed by atoms with Crippen molar-refractivity contribution < 1.29 is 0 Å². The molecular weight excluding hydrogens is 683 g/mol. The second kappa shape index (κ2) is 14.1. The van der Waals surface area contributed by atoms with Gasteiger partial charge in [0.1, 0.15) is 11.2 Å². The van der Waals surface area contributed by atoms with Crippen LogP contribution in [0, 0.1) is 0 Å². The van der Waals surface area contributed by atoms with Crippen molar-refractivity contribution in [3.63, 3.8) is 0 Å². The van der Waals surface area contributed by atoms with E-state index in [0.717, 1.165) is 33.7 Å². The summed E-state index contributed by atoms with van der Waals surface area (Å²) in [5.74, 6) is 0.628. The normalized spacial score (nSPS) is 15.7. The number of hydrogen-bond donors (Lipinski definition) is 0. The van der Waals surface area contributed by atoms with Crippen molar-refractivity contribution in [1.29, 1.82) is 0 Å². The van der Waals surface area contributed by atoms with Gasteiger partial charge < -0.3 is 9.47 Å². The van der Waals surface area contributed by atoms with Gasteiger partial charge in [0.15, 0.2) is 0 Å². The van der Waals surface area contributed by atoms with Crippen LogP contribution in [-0.4, -0.2) is 25.6 Å². The highest BCUT2D eigenvalue weighted by Gasteiger charge is 2.38. The van der Waals surface area contributed by atoms with E-state index in [0.29, 0.717) is 5.95 Å². The minimum atomic E-state index is -0.120. The van der Waals surface area contributed by atoms with Crippen LogP contribution in [0.5, 0.6) is 0 Å². The van der Waals surface area contributed by atoms with Gasteiger partial charge in [0.05, 0.1) is 22.6 Å². The number of allylic oxidation sites excluding steroid dienone is 4. The summed E-state index contributed by atoms with van der Waals surface area (Å²) in [6, 6.07) is 53.3. The molecular formula is C51H37N5. The Morgan fingerprint density at radius 2 is 1.34 bits per heavy atom. The van der Waals surface area contributed by atoms with E-state index in [9.17, 15) is 0 Å². The van der Waals surface area contributed by atoms with E-state index >= 15 is 0 Å². The average molecular weight is 720 g/mol. The van der Waals surface area contributed by atoms with Crippen molar-refractivity contribution in [3.05, 3.63) is 212 Å². The van der Waals surface area contributed by atoms with Crippen LogP contribution >= 0.6 is 0 Å². The van der Waals surface area contributed by atoms with Crippen molar-refractivity contribution in [2.45, 2.75) is 12.0 Å².